The number of hydrazone groups is 1. The van der Waals surface area contributed by atoms with Crippen molar-refractivity contribution >= 4 is 17.1 Å². The number of aryl methyl sites for hydroxylation is 1. The summed E-state index contributed by atoms with van der Waals surface area (Å²) in [5.74, 6) is 0.171. The highest BCUT2D eigenvalue weighted by atomic mass is 16.6. The molecule has 0 saturated carbocycles. The number of hydrogen-bond donors (Lipinski definition) is 1. The van der Waals surface area contributed by atoms with Crippen LogP contribution in [0.3, 0.4) is 0 Å². The Balaban J connectivity index is 1.75. The Morgan fingerprint density at radius 1 is 1.18 bits per heavy atom. The van der Waals surface area contributed by atoms with Crippen LogP contribution in [0.5, 0.6) is 5.75 Å². The van der Waals surface area contributed by atoms with Crippen molar-refractivity contribution in [3.8, 4) is 5.75 Å². The summed E-state index contributed by atoms with van der Waals surface area (Å²) in [6.45, 7) is 2.78. The number of phenolic OH excluding ortho intramolecular Hbond substituents is 1. The molecule has 1 atom stereocenters. The number of aromatic nitrogens is 2. The average molecular weight is 377 g/mol. The fourth-order valence-corrected chi connectivity index (χ4v) is 3.32. The normalized spacial score (nSPS) is 16.2. The predicted molar refractivity (Wildman–Crippen MR) is 105 cm³/mol. The van der Waals surface area contributed by atoms with E-state index in [4.69, 9.17) is 5.10 Å². The highest BCUT2D eigenvalue weighted by Crippen LogP contribution is 2.37. The van der Waals surface area contributed by atoms with Crippen molar-refractivity contribution in [3.05, 3.63) is 82.2 Å². The van der Waals surface area contributed by atoms with Gasteiger partial charge in [-0.25, -0.2) is 0 Å². The number of anilines is 1. The maximum Gasteiger partial charge on any atom is 0.269 e. The fourth-order valence-electron chi connectivity index (χ4n) is 3.32. The summed E-state index contributed by atoms with van der Waals surface area (Å²) >= 11 is 0. The zero-order chi connectivity index (χ0) is 19.7. The minimum absolute atomic E-state index is 0.0275. The van der Waals surface area contributed by atoms with Crippen LogP contribution in [0.15, 0.2) is 65.9 Å². The standard InChI is InChI=1S/C20H19N5O3/c1-2-23-12-11-17(21-23)19-13-18(16-5-3-4-6-20(16)26)22-24(19)14-7-9-15(10-8-14)25(27)28/h3-12,19,26H,2,13H2,1H3. The van der Waals surface area contributed by atoms with Crippen LogP contribution in [0.4, 0.5) is 11.4 Å². The van der Waals surface area contributed by atoms with Crippen molar-refractivity contribution in [2.75, 3.05) is 5.01 Å². The number of nitro benzene ring substituents is 1. The Hall–Kier alpha value is -3.68. The molecule has 2 heterocycles. The second-order valence-electron chi connectivity index (χ2n) is 6.50. The summed E-state index contributed by atoms with van der Waals surface area (Å²) in [6, 6.07) is 15.2. The van der Waals surface area contributed by atoms with Gasteiger partial charge in [0.2, 0.25) is 0 Å². The summed E-state index contributed by atoms with van der Waals surface area (Å²) in [6.07, 6.45) is 2.48. The van der Waals surface area contributed by atoms with Crippen LogP contribution in [0.1, 0.15) is 30.6 Å². The van der Waals surface area contributed by atoms with E-state index in [1.54, 1.807) is 24.3 Å². The summed E-state index contributed by atoms with van der Waals surface area (Å²) < 4.78 is 1.85. The van der Waals surface area contributed by atoms with Gasteiger partial charge < -0.3 is 5.11 Å². The zero-order valence-electron chi connectivity index (χ0n) is 15.3. The molecule has 1 aliphatic rings. The van der Waals surface area contributed by atoms with Crippen LogP contribution in [0, 0.1) is 10.1 Å². The quantitative estimate of drug-likeness (QED) is 0.538. The molecule has 0 fully saturated rings. The first-order valence-electron chi connectivity index (χ1n) is 8.99. The monoisotopic (exact) mass is 377 g/mol. The van der Waals surface area contributed by atoms with Gasteiger partial charge in [0.25, 0.3) is 5.69 Å². The predicted octanol–water partition coefficient (Wildman–Crippen LogP) is 3.87. The lowest BCUT2D eigenvalue weighted by atomic mass is 10.0. The summed E-state index contributed by atoms with van der Waals surface area (Å²) in [7, 11) is 0. The Labute approximate surface area is 161 Å². The molecule has 1 aromatic heterocycles. The third-order valence-corrected chi connectivity index (χ3v) is 4.78. The Morgan fingerprint density at radius 3 is 2.57 bits per heavy atom. The maximum absolute atomic E-state index is 11.0. The minimum atomic E-state index is -0.426. The molecule has 8 heteroatoms. The second-order valence-corrected chi connectivity index (χ2v) is 6.50. The van der Waals surface area contributed by atoms with E-state index in [2.05, 4.69) is 5.10 Å². The van der Waals surface area contributed by atoms with Gasteiger partial charge in [0, 0.05) is 36.9 Å². The van der Waals surface area contributed by atoms with Crippen LogP contribution >= 0.6 is 0 Å². The lowest BCUT2D eigenvalue weighted by molar-refractivity contribution is -0.384. The molecule has 142 valence electrons. The Morgan fingerprint density at radius 2 is 1.93 bits per heavy atom. The van der Waals surface area contributed by atoms with Crippen LogP contribution in [-0.2, 0) is 6.54 Å². The average Bonchev–Trinajstić information content (AvgIpc) is 3.35. The number of non-ortho nitro benzene ring substituents is 1. The van der Waals surface area contributed by atoms with Crippen molar-refractivity contribution in [2.24, 2.45) is 5.10 Å². The van der Waals surface area contributed by atoms with E-state index in [1.165, 1.54) is 12.1 Å². The molecule has 0 bridgehead atoms. The van der Waals surface area contributed by atoms with Crippen LogP contribution in [0.25, 0.3) is 0 Å². The molecular formula is C20H19N5O3. The van der Waals surface area contributed by atoms with Gasteiger partial charge in [0.1, 0.15) is 11.8 Å². The first-order valence-corrected chi connectivity index (χ1v) is 8.99. The number of phenols is 1. The number of nitro groups is 1. The number of para-hydroxylation sites is 1. The first kappa shape index (κ1) is 17.7. The lowest BCUT2D eigenvalue weighted by Gasteiger charge is -2.22. The summed E-state index contributed by atoms with van der Waals surface area (Å²) in [5.41, 5.74) is 3.03. The van der Waals surface area contributed by atoms with Gasteiger partial charge in [-0.3, -0.25) is 19.8 Å². The highest BCUT2D eigenvalue weighted by Gasteiger charge is 2.32. The molecule has 28 heavy (non-hydrogen) atoms. The van der Waals surface area contributed by atoms with Crippen molar-refractivity contribution in [2.45, 2.75) is 25.9 Å². The first-order chi connectivity index (χ1) is 13.6. The van der Waals surface area contributed by atoms with Crippen molar-refractivity contribution in [1.82, 2.24) is 9.78 Å². The molecule has 0 saturated heterocycles. The van der Waals surface area contributed by atoms with E-state index in [0.717, 1.165) is 23.6 Å². The number of hydrogen-bond acceptors (Lipinski definition) is 6. The molecule has 0 amide bonds. The molecule has 0 aliphatic carbocycles. The topological polar surface area (TPSA) is 96.8 Å². The van der Waals surface area contributed by atoms with Gasteiger partial charge in [-0.1, -0.05) is 12.1 Å². The molecule has 8 nitrogen and oxygen atoms in total. The van der Waals surface area contributed by atoms with E-state index < -0.39 is 4.92 Å². The van der Waals surface area contributed by atoms with Crippen molar-refractivity contribution in [1.29, 1.82) is 0 Å². The smallest absolute Gasteiger partial charge is 0.269 e. The molecule has 1 aliphatic heterocycles. The zero-order valence-corrected chi connectivity index (χ0v) is 15.3. The van der Waals surface area contributed by atoms with Gasteiger partial charge in [-0.2, -0.15) is 10.2 Å². The van der Waals surface area contributed by atoms with Crippen molar-refractivity contribution < 1.29 is 10.0 Å². The van der Waals surface area contributed by atoms with Gasteiger partial charge in [-0.15, -0.1) is 0 Å². The lowest BCUT2D eigenvalue weighted by Crippen LogP contribution is -2.19. The molecule has 4 rings (SSSR count). The molecule has 0 radical (unpaired) electrons. The van der Waals surface area contributed by atoms with E-state index in [9.17, 15) is 15.2 Å². The molecular weight excluding hydrogens is 358 g/mol. The van der Waals surface area contributed by atoms with Crippen LogP contribution in [-0.4, -0.2) is 25.5 Å². The number of rotatable bonds is 5. The van der Waals surface area contributed by atoms with Crippen LogP contribution in [0.2, 0.25) is 0 Å². The van der Waals surface area contributed by atoms with Gasteiger partial charge in [0.15, 0.2) is 0 Å². The van der Waals surface area contributed by atoms with Crippen LogP contribution < -0.4 is 5.01 Å². The molecule has 3 aromatic rings. The van der Waals surface area contributed by atoms with E-state index >= 15 is 0 Å². The maximum atomic E-state index is 11.0. The van der Waals surface area contributed by atoms with Gasteiger partial charge in [-0.05, 0) is 37.3 Å². The molecule has 1 unspecified atom stereocenters. The number of benzene rings is 2. The van der Waals surface area contributed by atoms with E-state index in [1.807, 2.05) is 41.0 Å². The molecule has 1 N–H and O–H groups in total. The largest absolute Gasteiger partial charge is 0.507 e. The van der Waals surface area contributed by atoms with Crippen molar-refractivity contribution in [3.63, 3.8) is 0 Å². The highest BCUT2D eigenvalue weighted by molar-refractivity contribution is 6.05. The molecule has 2 aromatic carbocycles. The SMILES string of the molecule is CCn1ccc(C2CC(c3ccccc3O)=NN2c2ccc([N+](=O)[O-])cc2)n1. The third kappa shape index (κ3) is 3.20. The molecule has 0 spiro atoms. The number of nitrogens with zero attached hydrogens (tertiary/aromatic N) is 5. The summed E-state index contributed by atoms with van der Waals surface area (Å²) in [5, 5.41) is 32.3. The van der Waals surface area contributed by atoms with Gasteiger partial charge in [0.05, 0.1) is 22.0 Å². The minimum Gasteiger partial charge on any atom is -0.507 e. The third-order valence-electron chi connectivity index (χ3n) is 4.78. The Kier molecular flexibility index (Phi) is 4.52. The van der Waals surface area contributed by atoms with Gasteiger partial charge >= 0.3 is 0 Å². The second kappa shape index (κ2) is 7.15. The fraction of sp³-hybridized carbons (Fsp3) is 0.200. The summed E-state index contributed by atoms with van der Waals surface area (Å²) in [4.78, 5) is 10.5. The van der Waals surface area contributed by atoms with E-state index in [-0.39, 0.29) is 17.5 Å². The van der Waals surface area contributed by atoms with E-state index in [0.29, 0.717) is 12.0 Å². The number of aromatic hydroxyl groups is 1. The Bertz CT molecular complexity index is 1040.